The highest BCUT2D eigenvalue weighted by Crippen LogP contribution is 2.28. The van der Waals surface area contributed by atoms with E-state index in [1.807, 2.05) is 0 Å². The number of carbonyl (C=O) groups is 1. The number of fused-ring (bicyclic) bond motifs is 1. The van der Waals surface area contributed by atoms with Gasteiger partial charge in [0, 0.05) is 27.3 Å². The average molecular weight is 532 g/mol. The van der Waals surface area contributed by atoms with Gasteiger partial charge in [-0.15, -0.1) is 0 Å². The van der Waals surface area contributed by atoms with Crippen molar-refractivity contribution in [2.75, 3.05) is 5.32 Å². The number of anilines is 2. The Bertz CT molecular complexity index is 1360. The second-order valence-corrected chi connectivity index (χ2v) is 8.79. The maximum atomic E-state index is 12.7. The topological polar surface area (TPSA) is 72.7 Å². The van der Waals surface area contributed by atoms with E-state index in [1.54, 1.807) is 66.9 Å². The van der Waals surface area contributed by atoms with Crippen molar-refractivity contribution < 1.29 is 18.3 Å². The molecule has 33 heavy (non-hydrogen) atoms. The summed E-state index contributed by atoms with van der Waals surface area (Å²) in [7, 11) is 0. The zero-order valence-corrected chi connectivity index (χ0v) is 19.3. The van der Waals surface area contributed by atoms with Gasteiger partial charge in [-0.05, 0) is 64.5 Å². The van der Waals surface area contributed by atoms with Crippen molar-refractivity contribution in [3.63, 3.8) is 0 Å². The molecule has 0 saturated heterocycles. The molecule has 0 aliphatic heterocycles. The van der Waals surface area contributed by atoms with E-state index in [0.29, 0.717) is 39.4 Å². The lowest BCUT2D eigenvalue weighted by Gasteiger charge is -2.12. The summed E-state index contributed by atoms with van der Waals surface area (Å²) in [6.07, 6.45) is 1.61. The number of para-hydroxylation sites is 1. The van der Waals surface area contributed by atoms with Crippen LogP contribution in [-0.4, -0.2) is 21.1 Å². The van der Waals surface area contributed by atoms with Gasteiger partial charge in [0.2, 0.25) is 0 Å². The standard InChI is InChI=1S/C23H16BrF2N3O3S/c24-14-5-10-20-28-16(11-21(30)29(20)12-14)13-32-22(31)18-3-1-2-4-19(18)27-15-6-8-17(9-7-15)33-23(25)26/h1-12,23,27H,13H2. The minimum Gasteiger partial charge on any atom is -0.456 e. The average Bonchev–Trinajstić information content (AvgIpc) is 2.79. The first-order chi connectivity index (χ1) is 15.9. The fraction of sp³-hybridized carbons (Fsp3) is 0.0870. The highest BCUT2D eigenvalue weighted by atomic mass is 79.9. The van der Waals surface area contributed by atoms with Crippen LogP contribution in [0.2, 0.25) is 0 Å². The molecule has 2 aromatic heterocycles. The molecule has 0 amide bonds. The fourth-order valence-corrected chi connectivity index (χ4v) is 3.90. The Morgan fingerprint density at radius 2 is 1.88 bits per heavy atom. The molecule has 10 heteroatoms. The number of hydrogen-bond donors (Lipinski definition) is 1. The molecule has 1 N–H and O–H groups in total. The van der Waals surface area contributed by atoms with E-state index in [1.165, 1.54) is 10.5 Å². The van der Waals surface area contributed by atoms with Crippen LogP contribution in [0.4, 0.5) is 20.2 Å². The van der Waals surface area contributed by atoms with E-state index in [4.69, 9.17) is 4.74 Å². The molecule has 0 saturated carbocycles. The van der Waals surface area contributed by atoms with Gasteiger partial charge < -0.3 is 10.1 Å². The summed E-state index contributed by atoms with van der Waals surface area (Å²) in [5.74, 6) is -3.09. The molecule has 6 nitrogen and oxygen atoms in total. The predicted molar refractivity (Wildman–Crippen MR) is 126 cm³/mol. The molecule has 2 heterocycles. The molecule has 0 bridgehead atoms. The molecule has 0 aliphatic carbocycles. The molecular formula is C23H16BrF2N3O3S. The van der Waals surface area contributed by atoms with Crippen molar-refractivity contribution in [1.82, 2.24) is 9.38 Å². The maximum absolute atomic E-state index is 12.7. The molecule has 0 radical (unpaired) electrons. The number of halogens is 3. The summed E-state index contributed by atoms with van der Waals surface area (Å²) in [5, 5.41) is 3.10. The monoisotopic (exact) mass is 531 g/mol. The van der Waals surface area contributed by atoms with Crippen LogP contribution in [0.25, 0.3) is 5.65 Å². The highest BCUT2D eigenvalue weighted by Gasteiger charge is 2.14. The molecule has 0 spiro atoms. The number of thioether (sulfide) groups is 1. The quantitative estimate of drug-likeness (QED) is 0.237. The lowest BCUT2D eigenvalue weighted by Crippen LogP contribution is -2.17. The van der Waals surface area contributed by atoms with E-state index in [2.05, 4.69) is 26.2 Å². The smallest absolute Gasteiger partial charge is 0.340 e. The van der Waals surface area contributed by atoms with Crippen molar-refractivity contribution in [1.29, 1.82) is 0 Å². The van der Waals surface area contributed by atoms with Gasteiger partial charge in [-0.2, -0.15) is 8.78 Å². The van der Waals surface area contributed by atoms with Crippen LogP contribution in [0.5, 0.6) is 0 Å². The zero-order chi connectivity index (χ0) is 23.4. The van der Waals surface area contributed by atoms with Gasteiger partial charge in [-0.1, -0.05) is 23.9 Å². The number of nitrogens with one attached hydrogen (secondary N) is 1. The number of rotatable bonds is 7. The lowest BCUT2D eigenvalue weighted by atomic mass is 10.1. The van der Waals surface area contributed by atoms with Crippen LogP contribution in [0, 0.1) is 0 Å². The van der Waals surface area contributed by atoms with Gasteiger partial charge in [0.1, 0.15) is 12.3 Å². The fourth-order valence-electron chi connectivity index (χ4n) is 3.06. The molecule has 0 unspecified atom stereocenters. The Morgan fingerprint density at radius 3 is 2.64 bits per heavy atom. The van der Waals surface area contributed by atoms with E-state index in [9.17, 15) is 18.4 Å². The highest BCUT2D eigenvalue weighted by molar-refractivity contribution is 9.10. The molecule has 4 rings (SSSR count). The number of aromatic nitrogens is 2. The summed E-state index contributed by atoms with van der Waals surface area (Å²) in [4.78, 5) is 29.8. The van der Waals surface area contributed by atoms with Gasteiger partial charge in [0.25, 0.3) is 11.3 Å². The normalized spacial score (nSPS) is 11.0. The Hall–Kier alpha value is -3.24. The SMILES string of the molecule is O=C(OCc1cc(=O)n2cc(Br)ccc2n1)c1ccccc1Nc1ccc(SC(F)F)cc1. The van der Waals surface area contributed by atoms with E-state index >= 15 is 0 Å². The number of alkyl halides is 2. The van der Waals surface area contributed by atoms with Crippen molar-refractivity contribution >= 4 is 50.7 Å². The minimum atomic E-state index is -2.49. The second kappa shape index (κ2) is 10.1. The molecule has 0 aliphatic rings. The molecular weight excluding hydrogens is 516 g/mol. The van der Waals surface area contributed by atoms with Gasteiger partial charge in [0.05, 0.1) is 16.9 Å². The van der Waals surface area contributed by atoms with Crippen LogP contribution in [0.3, 0.4) is 0 Å². The first kappa shape index (κ1) is 22.9. The number of hydrogen-bond acceptors (Lipinski definition) is 6. The van der Waals surface area contributed by atoms with Gasteiger partial charge >= 0.3 is 5.97 Å². The zero-order valence-electron chi connectivity index (χ0n) is 16.9. The summed E-state index contributed by atoms with van der Waals surface area (Å²) < 4.78 is 32.5. The van der Waals surface area contributed by atoms with E-state index < -0.39 is 11.7 Å². The first-order valence-corrected chi connectivity index (χ1v) is 11.3. The van der Waals surface area contributed by atoms with E-state index in [0.717, 1.165) is 4.47 Å². The number of nitrogens with zero attached hydrogens (tertiary/aromatic N) is 2. The van der Waals surface area contributed by atoms with Crippen LogP contribution < -0.4 is 10.9 Å². The number of ether oxygens (including phenoxy) is 1. The van der Waals surface area contributed by atoms with Crippen LogP contribution >= 0.6 is 27.7 Å². The minimum absolute atomic E-state index is 0.172. The van der Waals surface area contributed by atoms with Crippen molar-refractivity contribution in [3.8, 4) is 0 Å². The Labute approximate surface area is 199 Å². The third-order valence-corrected chi connectivity index (χ3v) is 5.72. The summed E-state index contributed by atoms with van der Waals surface area (Å²) >= 11 is 3.77. The summed E-state index contributed by atoms with van der Waals surface area (Å²) in [6, 6.07) is 18.0. The van der Waals surface area contributed by atoms with Crippen LogP contribution in [0.1, 0.15) is 16.1 Å². The third-order valence-electron chi connectivity index (χ3n) is 4.53. The molecule has 0 fully saturated rings. The number of esters is 1. The van der Waals surface area contributed by atoms with Crippen LogP contribution in [0.15, 0.2) is 87.1 Å². The Balaban J connectivity index is 1.48. The first-order valence-electron chi connectivity index (χ1n) is 9.65. The lowest BCUT2D eigenvalue weighted by molar-refractivity contribution is 0.0469. The molecule has 4 aromatic rings. The van der Waals surface area contributed by atoms with Crippen LogP contribution in [-0.2, 0) is 11.3 Å². The van der Waals surface area contributed by atoms with Crippen molar-refractivity contribution in [2.45, 2.75) is 17.3 Å². The number of benzene rings is 2. The largest absolute Gasteiger partial charge is 0.456 e. The molecule has 0 atom stereocenters. The van der Waals surface area contributed by atoms with Crippen molar-refractivity contribution in [3.05, 3.63) is 99.0 Å². The Morgan fingerprint density at radius 1 is 1.12 bits per heavy atom. The van der Waals surface area contributed by atoms with Crippen molar-refractivity contribution in [2.24, 2.45) is 0 Å². The second-order valence-electron chi connectivity index (χ2n) is 6.81. The summed E-state index contributed by atoms with van der Waals surface area (Å²) in [5.41, 5.74) is 1.88. The maximum Gasteiger partial charge on any atom is 0.340 e. The summed E-state index contributed by atoms with van der Waals surface area (Å²) in [6.45, 7) is -0.172. The molecule has 2 aromatic carbocycles. The number of carbonyl (C=O) groups excluding carboxylic acids is 1. The van der Waals surface area contributed by atoms with E-state index in [-0.39, 0.29) is 17.7 Å². The number of pyridine rings is 1. The van der Waals surface area contributed by atoms with Gasteiger partial charge in [0.15, 0.2) is 0 Å². The Kier molecular flexibility index (Phi) is 7.05. The third kappa shape index (κ3) is 5.77. The van der Waals surface area contributed by atoms with Gasteiger partial charge in [-0.25, -0.2) is 9.78 Å². The van der Waals surface area contributed by atoms with Gasteiger partial charge in [-0.3, -0.25) is 9.20 Å². The predicted octanol–water partition coefficient (Wildman–Crippen LogP) is 5.87. The molecule has 168 valence electrons.